The average Bonchev–Trinajstić information content (AvgIpc) is 2.42. The van der Waals surface area contributed by atoms with E-state index in [0.717, 1.165) is 25.9 Å². The molecule has 0 amide bonds. The van der Waals surface area contributed by atoms with E-state index >= 15 is 0 Å². The Morgan fingerprint density at radius 2 is 2.00 bits per heavy atom. The Labute approximate surface area is 125 Å². The Kier molecular flexibility index (Phi) is 4.95. The number of hydrogen-bond donors (Lipinski definition) is 0. The lowest BCUT2D eigenvalue weighted by atomic mass is 10.2. The summed E-state index contributed by atoms with van der Waals surface area (Å²) in [5.74, 6) is 1.34. The van der Waals surface area contributed by atoms with E-state index in [1.54, 1.807) is 18.2 Å². The topological polar surface area (TPSA) is 65.1 Å². The molecule has 0 fully saturated rings. The number of ether oxygens (including phenoxy) is 2. The van der Waals surface area contributed by atoms with Crippen LogP contribution in [0.25, 0.3) is 0 Å². The summed E-state index contributed by atoms with van der Waals surface area (Å²) in [6.07, 6.45) is 0.929. The summed E-state index contributed by atoms with van der Waals surface area (Å²) in [5.41, 5.74) is 0. The number of nitrogens with zero attached hydrogens (tertiary/aromatic N) is 1. The third kappa shape index (κ3) is 4.50. The van der Waals surface area contributed by atoms with Gasteiger partial charge in [0, 0.05) is 12.6 Å². The van der Waals surface area contributed by atoms with Crippen LogP contribution in [0.1, 0.15) is 13.8 Å². The first kappa shape index (κ1) is 15.9. The number of rotatable bonds is 6. The second-order valence-corrected chi connectivity index (χ2v) is 6.51. The molecule has 118 valence electrons. The quantitative estimate of drug-likeness (QED) is 0.741. The molecule has 21 heavy (non-hydrogen) atoms. The molecule has 0 radical (unpaired) electrons. The van der Waals surface area contributed by atoms with Crippen LogP contribution in [0.5, 0.6) is 17.2 Å². The second-order valence-electron chi connectivity index (χ2n) is 4.93. The predicted molar refractivity (Wildman–Crippen MR) is 79.6 cm³/mol. The first-order chi connectivity index (χ1) is 9.91. The van der Waals surface area contributed by atoms with Crippen LogP contribution in [-0.2, 0) is 10.1 Å². The Hall–Kier alpha value is -1.47. The van der Waals surface area contributed by atoms with Gasteiger partial charge in [-0.1, -0.05) is 13.8 Å². The van der Waals surface area contributed by atoms with Crippen molar-refractivity contribution >= 4 is 10.1 Å². The molecule has 1 aromatic rings. The van der Waals surface area contributed by atoms with Crippen LogP contribution in [0.15, 0.2) is 18.2 Å². The molecule has 1 aliphatic heterocycles. The van der Waals surface area contributed by atoms with Crippen molar-refractivity contribution < 1.29 is 22.1 Å². The van der Waals surface area contributed by atoms with Crippen LogP contribution in [0.4, 0.5) is 0 Å². The van der Waals surface area contributed by atoms with Crippen molar-refractivity contribution in [2.24, 2.45) is 0 Å². The minimum Gasteiger partial charge on any atom is -0.486 e. The van der Waals surface area contributed by atoms with Crippen molar-refractivity contribution in [1.82, 2.24) is 4.90 Å². The van der Waals surface area contributed by atoms with Gasteiger partial charge >= 0.3 is 10.1 Å². The Morgan fingerprint density at radius 3 is 2.62 bits per heavy atom. The van der Waals surface area contributed by atoms with E-state index in [1.165, 1.54) is 0 Å². The number of likely N-dealkylation sites (N-methyl/N-ethyl adjacent to an activating group) is 1. The molecule has 0 N–H and O–H groups in total. The lowest BCUT2D eigenvalue weighted by Crippen LogP contribution is -2.40. The van der Waals surface area contributed by atoms with Gasteiger partial charge in [-0.3, -0.25) is 0 Å². The molecule has 6 nitrogen and oxygen atoms in total. The summed E-state index contributed by atoms with van der Waals surface area (Å²) >= 11 is 0. The summed E-state index contributed by atoms with van der Waals surface area (Å²) in [4.78, 5) is 2.25. The molecule has 0 saturated heterocycles. The molecule has 1 atom stereocenters. The Balaban J connectivity index is 2.09. The van der Waals surface area contributed by atoms with Gasteiger partial charge in [-0.2, -0.15) is 8.42 Å². The SMILES string of the molecule is CCN(CC)CC1COc2ccc(OS(C)(=O)=O)cc2O1. The molecular formula is C14H21NO5S. The normalized spacial score (nSPS) is 17.8. The summed E-state index contributed by atoms with van der Waals surface area (Å²) in [6, 6.07) is 4.75. The van der Waals surface area contributed by atoms with Gasteiger partial charge in [0.1, 0.15) is 18.5 Å². The third-order valence-electron chi connectivity index (χ3n) is 3.24. The molecule has 0 spiro atoms. The summed E-state index contributed by atoms with van der Waals surface area (Å²) in [6.45, 7) is 7.33. The monoisotopic (exact) mass is 315 g/mol. The van der Waals surface area contributed by atoms with E-state index in [-0.39, 0.29) is 11.9 Å². The van der Waals surface area contributed by atoms with Crippen molar-refractivity contribution in [2.75, 3.05) is 32.5 Å². The first-order valence-electron chi connectivity index (χ1n) is 6.96. The van der Waals surface area contributed by atoms with E-state index in [1.807, 2.05) is 0 Å². The van der Waals surface area contributed by atoms with Crippen LogP contribution < -0.4 is 13.7 Å². The van der Waals surface area contributed by atoms with Gasteiger partial charge in [-0.05, 0) is 25.2 Å². The molecular weight excluding hydrogens is 294 g/mol. The summed E-state index contributed by atoms with van der Waals surface area (Å²) in [5, 5.41) is 0. The van der Waals surface area contributed by atoms with Crippen LogP contribution in [0, 0.1) is 0 Å². The van der Waals surface area contributed by atoms with Gasteiger partial charge in [-0.25, -0.2) is 0 Å². The maximum absolute atomic E-state index is 11.2. The molecule has 0 aliphatic carbocycles. The minimum atomic E-state index is -3.55. The lowest BCUT2D eigenvalue weighted by Gasteiger charge is -2.30. The van der Waals surface area contributed by atoms with Crippen LogP contribution >= 0.6 is 0 Å². The average molecular weight is 315 g/mol. The molecule has 7 heteroatoms. The zero-order chi connectivity index (χ0) is 15.5. The molecule has 1 unspecified atom stereocenters. The van der Waals surface area contributed by atoms with E-state index in [0.29, 0.717) is 18.1 Å². The second kappa shape index (κ2) is 6.53. The van der Waals surface area contributed by atoms with Gasteiger partial charge < -0.3 is 18.6 Å². The zero-order valence-corrected chi connectivity index (χ0v) is 13.4. The summed E-state index contributed by atoms with van der Waals surface area (Å²) < 4.78 is 38.7. The van der Waals surface area contributed by atoms with Crippen molar-refractivity contribution in [3.63, 3.8) is 0 Å². The molecule has 0 bridgehead atoms. The van der Waals surface area contributed by atoms with E-state index < -0.39 is 10.1 Å². The maximum Gasteiger partial charge on any atom is 0.306 e. The highest BCUT2D eigenvalue weighted by atomic mass is 32.2. The fourth-order valence-electron chi connectivity index (χ4n) is 2.18. The van der Waals surface area contributed by atoms with Crippen molar-refractivity contribution in [3.05, 3.63) is 18.2 Å². The predicted octanol–water partition coefficient (Wildman–Crippen LogP) is 1.51. The maximum atomic E-state index is 11.2. The molecule has 1 aliphatic rings. The molecule has 0 aromatic heterocycles. The molecule has 1 aromatic carbocycles. The fourth-order valence-corrected chi connectivity index (χ4v) is 2.64. The van der Waals surface area contributed by atoms with Crippen LogP contribution in [-0.4, -0.2) is 51.9 Å². The highest BCUT2D eigenvalue weighted by Crippen LogP contribution is 2.35. The lowest BCUT2D eigenvalue weighted by molar-refractivity contribution is 0.0613. The van der Waals surface area contributed by atoms with Crippen LogP contribution in [0.2, 0.25) is 0 Å². The van der Waals surface area contributed by atoms with Gasteiger partial charge in [0.15, 0.2) is 11.5 Å². The molecule has 2 rings (SSSR count). The van der Waals surface area contributed by atoms with Crippen molar-refractivity contribution in [2.45, 2.75) is 20.0 Å². The number of benzene rings is 1. The third-order valence-corrected chi connectivity index (χ3v) is 3.73. The summed E-state index contributed by atoms with van der Waals surface area (Å²) in [7, 11) is -3.55. The van der Waals surface area contributed by atoms with Gasteiger partial charge in [0.25, 0.3) is 0 Å². The van der Waals surface area contributed by atoms with Crippen molar-refractivity contribution in [1.29, 1.82) is 0 Å². The Bertz CT molecular complexity index is 583. The number of fused-ring (bicyclic) bond motifs is 1. The van der Waals surface area contributed by atoms with Gasteiger partial charge in [0.2, 0.25) is 0 Å². The molecule has 0 saturated carbocycles. The van der Waals surface area contributed by atoms with E-state index in [2.05, 4.69) is 18.7 Å². The zero-order valence-electron chi connectivity index (χ0n) is 12.5. The van der Waals surface area contributed by atoms with Crippen LogP contribution in [0.3, 0.4) is 0 Å². The standard InChI is InChI=1S/C14H21NO5S/c1-4-15(5-2)9-12-10-18-13-7-6-11(8-14(13)19-12)20-21(3,16)17/h6-8,12H,4-5,9-10H2,1-3H3. The highest BCUT2D eigenvalue weighted by Gasteiger charge is 2.23. The van der Waals surface area contributed by atoms with Gasteiger partial charge in [-0.15, -0.1) is 0 Å². The fraction of sp³-hybridized carbons (Fsp3) is 0.571. The number of hydrogen-bond acceptors (Lipinski definition) is 6. The van der Waals surface area contributed by atoms with Gasteiger partial charge in [0.05, 0.1) is 6.26 Å². The highest BCUT2D eigenvalue weighted by molar-refractivity contribution is 7.86. The van der Waals surface area contributed by atoms with E-state index in [9.17, 15) is 8.42 Å². The first-order valence-corrected chi connectivity index (χ1v) is 8.78. The minimum absolute atomic E-state index is 0.0779. The Morgan fingerprint density at radius 1 is 1.29 bits per heavy atom. The largest absolute Gasteiger partial charge is 0.486 e. The van der Waals surface area contributed by atoms with E-state index in [4.69, 9.17) is 13.7 Å². The van der Waals surface area contributed by atoms with Crippen molar-refractivity contribution in [3.8, 4) is 17.2 Å². The molecule has 1 heterocycles. The smallest absolute Gasteiger partial charge is 0.306 e.